The molecule has 1 N–H and O–H groups in total. The molecule has 112 valence electrons. The van der Waals surface area contributed by atoms with Gasteiger partial charge in [0, 0.05) is 11.1 Å². The lowest BCUT2D eigenvalue weighted by molar-refractivity contribution is 0.414. The maximum Gasteiger partial charge on any atom is 0.161 e. The summed E-state index contributed by atoms with van der Waals surface area (Å²) in [6.45, 7) is 3.53. The number of aliphatic imine (C=N–C) groups is 2. The van der Waals surface area contributed by atoms with E-state index in [0.29, 0.717) is 11.4 Å². The van der Waals surface area contributed by atoms with Crippen molar-refractivity contribution in [2.24, 2.45) is 9.98 Å². The molecule has 0 aliphatic carbocycles. The van der Waals surface area contributed by atoms with Gasteiger partial charge in [-0.1, -0.05) is 0 Å². The summed E-state index contributed by atoms with van der Waals surface area (Å²) in [6, 6.07) is 14.4. The van der Waals surface area contributed by atoms with Gasteiger partial charge in [-0.3, -0.25) is 5.41 Å². The molecule has 2 aromatic rings. The van der Waals surface area contributed by atoms with Gasteiger partial charge in [0.2, 0.25) is 0 Å². The van der Waals surface area contributed by atoms with Crippen LogP contribution in [0.4, 0.5) is 0 Å². The lowest BCUT2D eigenvalue weighted by Crippen LogP contribution is -2.03. The first-order valence-corrected chi connectivity index (χ1v) is 6.60. The highest BCUT2D eigenvalue weighted by Gasteiger charge is 2.05. The molecule has 0 radical (unpaired) electrons. The Balaban J connectivity index is 2.26. The standard InChI is InChI=1S/C17H17N3O2/c1-19-17(13-6-10-15(22-3)11-7-13)20-16(18)12-4-8-14(21-2)9-5-12/h4-11,18H,1H2,2-3H3. The number of hydrogen-bond acceptors (Lipinski definition) is 3. The maximum absolute atomic E-state index is 8.08. The minimum absolute atomic E-state index is 0.112. The van der Waals surface area contributed by atoms with Crippen LogP contribution in [0.25, 0.3) is 0 Å². The summed E-state index contributed by atoms with van der Waals surface area (Å²) in [5.74, 6) is 1.99. The zero-order valence-electron chi connectivity index (χ0n) is 12.5. The fraction of sp³-hybridized carbons (Fsp3) is 0.118. The van der Waals surface area contributed by atoms with Crippen molar-refractivity contribution in [3.05, 3.63) is 59.7 Å². The first kappa shape index (κ1) is 15.4. The van der Waals surface area contributed by atoms with Crippen LogP contribution < -0.4 is 9.47 Å². The van der Waals surface area contributed by atoms with Crippen LogP contribution in [0.3, 0.4) is 0 Å². The Morgan fingerprint density at radius 1 is 0.864 bits per heavy atom. The third-order valence-electron chi connectivity index (χ3n) is 3.08. The van der Waals surface area contributed by atoms with Gasteiger partial charge in [0.1, 0.15) is 11.5 Å². The molecule has 0 saturated heterocycles. The van der Waals surface area contributed by atoms with Crippen molar-refractivity contribution >= 4 is 18.4 Å². The first-order valence-electron chi connectivity index (χ1n) is 6.60. The van der Waals surface area contributed by atoms with Gasteiger partial charge < -0.3 is 9.47 Å². The van der Waals surface area contributed by atoms with Crippen LogP contribution in [0, 0.1) is 5.41 Å². The molecule has 0 atom stereocenters. The largest absolute Gasteiger partial charge is 0.497 e. The topological polar surface area (TPSA) is 67.0 Å². The molecule has 5 nitrogen and oxygen atoms in total. The summed E-state index contributed by atoms with van der Waals surface area (Å²) in [6.07, 6.45) is 0. The second-order valence-corrected chi connectivity index (χ2v) is 4.40. The van der Waals surface area contributed by atoms with E-state index >= 15 is 0 Å². The fourth-order valence-electron chi connectivity index (χ4n) is 1.85. The summed E-state index contributed by atoms with van der Waals surface area (Å²) < 4.78 is 10.2. The number of hydrogen-bond donors (Lipinski definition) is 1. The molecular weight excluding hydrogens is 278 g/mol. The Hall–Kier alpha value is -2.95. The fourth-order valence-corrected chi connectivity index (χ4v) is 1.85. The van der Waals surface area contributed by atoms with Crippen molar-refractivity contribution in [1.29, 1.82) is 5.41 Å². The zero-order valence-corrected chi connectivity index (χ0v) is 12.5. The minimum atomic E-state index is 0.112. The molecule has 0 bridgehead atoms. The number of methoxy groups -OCH3 is 2. The lowest BCUT2D eigenvalue weighted by Gasteiger charge is -2.05. The van der Waals surface area contributed by atoms with Gasteiger partial charge in [-0.2, -0.15) is 0 Å². The Morgan fingerprint density at radius 2 is 1.32 bits per heavy atom. The third-order valence-corrected chi connectivity index (χ3v) is 3.08. The molecule has 0 heterocycles. The Kier molecular flexibility index (Phi) is 5.03. The highest BCUT2D eigenvalue weighted by molar-refractivity contribution is 6.11. The summed E-state index contributed by atoms with van der Waals surface area (Å²) in [4.78, 5) is 8.14. The third kappa shape index (κ3) is 3.58. The predicted molar refractivity (Wildman–Crippen MR) is 88.9 cm³/mol. The molecule has 0 amide bonds. The van der Waals surface area contributed by atoms with Crippen molar-refractivity contribution in [3.63, 3.8) is 0 Å². The van der Waals surface area contributed by atoms with E-state index in [0.717, 1.165) is 17.1 Å². The second kappa shape index (κ2) is 7.17. The molecule has 0 aliphatic heterocycles. The van der Waals surface area contributed by atoms with Gasteiger partial charge in [-0.15, -0.1) is 0 Å². The van der Waals surface area contributed by atoms with Crippen molar-refractivity contribution in [3.8, 4) is 11.5 Å². The van der Waals surface area contributed by atoms with E-state index in [-0.39, 0.29) is 5.84 Å². The van der Waals surface area contributed by atoms with Crippen LogP contribution >= 0.6 is 0 Å². The number of nitrogens with zero attached hydrogens (tertiary/aromatic N) is 2. The number of rotatable bonds is 4. The summed E-state index contributed by atoms with van der Waals surface area (Å²) in [7, 11) is 3.21. The van der Waals surface area contributed by atoms with Crippen LogP contribution in [0.15, 0.2) is 58.5 Å². The van der Waals surface area contributed by atoms with Crippen molar-refractivity contribution < 1.29 is 9.47 Å². The van der Waals surface area contributed by atoms with Gasteiger partial charge in [0.25, 0.3) is 0 Å². The average Bonchev–Trinajstić information content (AvgIpc) is 2.59. The smallest absolute Gasteiger partial charge is 0.161 e. The second-order valence-electron chi connectivity index (χ2n) is 4.40. The van der Waals surface area contributed by atoms with Gasteiger partial charge in [-0.05, 0) is 55.2 Å². The summed E-state index contributed by atoms with van der Waals surface area (Å²) >= 11 is 0. The molecule has 2 rings (SSSR count). The first-order chi connectivity index (χ1) is 10.7. The van der Waals surface area contributed by atoms with Crippen molar-refractivity contribution in [1.82, 2.24) is 0 Å². The van der Waals surface area contributed by atoms with Gasteiger partial charge >= 0.3 is 0 Å². The van der Waals surface area contributed by atoms with Crippen LogP contribution in [0.5, 0.6) is 11.5 Å². The highest BCUT2D eigenvalue weighted by atomic mass is 16.5. The number of amidine groups is 2. The zero-order chi connectivity index (χ0) is 15.9. The molecule has 5 heteroatoms. The van der Waals surface area contributed by atoms with E-state index in [4.69, 9.17) is 14.9 Å². The average molecular weight is 295 g/mol. The Bertz CT molecular complexity index is 689. The van der Waals surface area contributed by atoms with Crippen LogP contribution in [-0.4, -0.2) is 32.6 Å². The maximum atomic E-state index is 8.08. The predicted octanol–water partition coefficient (Wildman–Crippen LogP) is 3.18. The van der Waals surface area contributed by atoms with Crippen molar-refractivity contribution in [2.45, 2.75) is 0 Å². The van der Waals surface area contributed by atoms with Gasteiger partial charge in [0.15, 0.2) is 11.7 Å². The number of ether oxygens (including phenoxy) is 2. The molecule has 0 saturated carbocycles. The van der Waals surface area contributed by atoms with Crippen LogP contribution in [0.2, 0.25) is 0 Å². The molecule has 22 heavy (non-hydrogen) atoms. The molecular formula is C17H17N3O2. The molecule has 0 spiro atoms. The van der Waals surface area contributed by atoms with E-state index in [1.54, 1.807) is 38.5 Å². The molecule has 0 aliphatic rings. The molecule has 0 unspecified atom stereocenters. The Labute approximate surface area is 129 Å². The molecule has 0 aromatic heterocycles. The van der Waals surface area contributed by atoms with E-state index in [1.807, 2.05) is 24.3 Å². The van der Waals surface area contributed by atoms with Crippen molar-refractivity contribution in [2.75, 3.05) is 14.2 Å². The van der Waals surface area contributed by atoms with Crippen LogP contribution in [-0.2, 0) is 0 Å². The number of nitrogens with one attached hydrogen (secondary N) is 1. The highest BCUT2D eigenvalue weighted by Crippen LogP contribution is 2.15. The summed E-state index contributed by atoms with van der Waals surface area (Å²) in [5, 5.41) is 8.08. The molecule has 2 aromatic carbocycles. The number of benzene rings is 2. The Morgan fingerprint density at radius 3 is 1.73 bits per heavy atom. The van der Waals surface area contributed by atoms with Crippen LogP contribution in [0.1, 0.15) is 11.1 Å². The quantitative estimate of drug-likeness (QED) is 0.695. The lowest BCUT2D eigenvalue weighted by atomic mass is 10.2. The van der Waals surface area contributed by atoms with Gasteiger partial charge in [-0.25, -0.2) is 9.98 Å². The molecule has 0 fully saturated rings. The van der Waals surface area contributed by atoms with E-state index < -0.39 is 0 Å². The van der Waals surface area contributed by atoms with E-state index in [9.17, 15) is 0 Å². The van der Waals surface area contributed by atoms with E-state index in [1.165, 1.54) is 0 Å². The normalized spacial score (nSPS) is 10.9. The minimum Gasteiger partial charge on any atom is -0.497 e. The van der Waals surface area contributed by atoms with Gasteiger partial charge in [0.05, 0.1) is 14.2 Å². The monoisotopic (exact) mass is 295 g/mol. The van der Waals surface area contributed by atoms with E-state index in [2.05, 4.69) is 16.7 Å². The SMILES string of the molecule is C=NC(=NC(=N)c1ccc(OC)cc1)c1ccc(OC)cc1. The summed E-state index contributed by atoms with van der Waals surface area (Å²) in [5.41, 5.74) is 1.45.